The molecule has 1 saturated heterocycles. The predicted octanol–water partition coefficient (Wildman–Crippen LogP) is 3.32. The van der Waals surface area contributed by atoms with Crippen molar-refractivity contribution in [2.45, 2.75) is 31.5 Å². The van der Waals surface area contributed by atoms with Gasteiger partial charge < -0.3 is 15.5 Å². The first-order valence-electron chi connectivity index (χ1n) is 9.56. The number of nitrogens with zero attached hydrogens (tertiary/aromatic N) is 5. The van der Waals surface area contributed by atoms with Gasteiger partial charge in [0.15, 0.2) is 5.69 Å². The number of nitrogens with one attached hydrogen (secondary N) is 2. The first-order valence-corrected chi connectivity index (χ1v) is 9.56. The van der Waals surface area contributed by atoms with E-state index in [0.717, 1.165) is 25.3 Å². The molecule has 2 aromatic heterocycles. The van der Waals surface area contributed by atoms with Crippen LogP contribution < -0.4 is 15.5 Å². The SMILES string of the molecule is O=C(NCC1CCCCN1c1cc(C(F)(F)F)nc2ncnn12)Nc1ccccc1. The van der Waals surface area contributed by atoms with E-state index in [1.807, 2.05) is 23.1 Å². The molecular formula is C19H20F3N7O. The Hall–Kier alpha value is -3.37. The van der Waals surface area contributed by atoms with Crippen LogP contribution in [0.4, 0.5) is 29.5 Å². The van der Waals surface area contributed by atoms with Crippen molar-refractivity contribution in [2.75, 3.05) is 23.3 Å². The molecule has 1 aromatic carbocycles. The van der Waals surface area contributed by atoms with Crippen LogP contribution in [0.1, 0.15) is 25.0 Å². The Morgan fingerprint density at radius 1 is 1.20 bits per heavy atom. The average Bonchev–Trinajstić information content (AvgIpc) is 3.21. The number of urea groups is 1. The molecule has 3 heterocycles. The summed E-state index contributed by atoms with van der Waals surface area (Å²) < 4.78 is 41.3. The zero-order valence-electron chi connectivity index (χ0n) is 15.9. The lowest BCUT2D eigenvalue weighted by Gasteiger charge is -2.37. The Bertz CT molecular complexity index is 1020. The van der Waals surface area contributed by atoms with Crippen LogP contribution in [0.25, 0.3) is 5.78 Å². The number of alkyl halides is 3. The van der Waals surface area contributed by atoms with Crippen molar-refractivity contribution in [1.29, 1.82) is 0 Å². The summed E-state index contributed by atoms with van der Waals surface area (Å²) in [6, 6.07) is 9.43. The zero-order valence-corrected chi connectivity index (χ0v) is 15.9. The molecule has 1 aliphatic rings. The number of piperidine rings is 1. The third-order valence-electron chi connectivity index (χ3n) is 4.97. The van der Waals surface area contributed by atoms with Gasteiger partial charge in [-0.3, -0.25) is 0 Å². The van der Waals surface area contributed by atoms with Crippen LogP contribution >= 0.6 is 0 Å². The number of amides is 2. The summed E-state index contributed by atoms with van der Waals surface area (Å²) >= 11 is 0. The number of aromatic nitrogens is 4. The quantitative estimate of drug-likeness (QED) is 0.678. The number of rotatable bonds is 4. The summed E-state index contributed by atoms with van der Waals surface area (Å²) in [6.07, 6.45) is -0.947. The molecule has 2 N–H and O–H groups in total. The molecule has 3 aromatic rings. The van der Waals surface area contributed by atoms with E-state index in [2.05, 4.69) is 25.7 Å². The van der Waals surface area contributed by atoms with Gasteiger partial charge in [-0.05, 0) is 31.4 Å². The molecule has 158 valence electrons. The molecule has 1 fully saturated rings. The minimum atomic E-state index is -4.60. The number of hydrogen-bond acceptors (Lipinski definition) is 5. The van der Waals surface area contributed by atoms with Gasteiger partial charge in [0.25, 0.3) is 5.78 Å². The van der Waals surface area contributed by atoms with E-state index >= 15 is 0 Å². The summed E-state index contributed by atoms with van der Waals surface area (Å²) in [5.41, 5.74) is -0.360. The molecule has 0 bridgehead atoms. The molecule has 1 atom stereocenters. The number of benzene rings is 1. The van der Waals surface area contributed by atoms with Gasteiger partial charge in [0.1, 0.15) is 12.1 Å². The molecule has 0 radical (unpaired) electrons. The van der Waals surface area contributed by atoms with Crippen LogP contribution in [0.3, 0.4) is 0 Å². The topological polar surface area (TPSA) is 87.5 Å². The largest absolute Gasteiger partial charge is 0.433 e. The highest BCUT2D eigenvalue weighted by Gasteiger charge is 2.35. The highest BCUT2D eigenvalue weighted by molar-refractivity contribution is 5.89. The molecule has 30 heavy (non-hydrogen) atoms. The first-order chi connectivity index (χ1) is 14.4. The number of carbonyl (C=O) groups excluding carboxylic acids is 1. The van der Waals surface area contributed by atoms with Gasteiger partial charge >= 0.3 is 12.2 Å². The lowest BCUT2D eigenvalue weighted by atomic mass is 10.0. The van der Waals surface area contributed by atoms with E-state index in [1.165, 1.54) is 10.8 Å². The van der Waals surface area contributed by atoms with Crippen LogP contribution in [0.15, 0.2) is 42.7 Å². The van der Waals surface area contributed by atoms with Crippen LogP contribution in [-0.2, 0) is 6.18 Å². The summed E-state index contributed by atoms with van der Waals surface area (Å²) in [6.45, 7) is 0.821. The van der Waals surface area contributed by atoms with E-state index in [-0.39, 0.29) is 30.2 Å². The number of fused-ring (bicyclic) bond motifs is 1. The predicted molar refractivity (Wildman–Crippen MR) is 104 cm³/mol. The fourth-order valence-electron chi connectivity index (χ4n) is 3.57. The molecular weight excluding hydrogens is 399 g/mol. The lowest BCUT2D eigenvalue weighted by molar-refractivity contribution is -0.141. The number of anilines is 2. The molecule has 11 heteroatoms. The fraction of sp³-hybridized carbons (Fsp3) is 0.368. The number of para-hydroxylation sites is 1. The van der Waals surface area contributed by atoms with Crippen LogP contribution in [0.2, 0.25) is 0 Å². The van der Waals surface area contributed by atoms with Gasteiger partial charge in [0.2, 0.25) is 0 Å². The van der Waals surface area contributed by atoms with Crippen molar-refractivity contribution < 1.29 is 18.0 Å². The van der Waals surface area contributed by atoms with Gasteiger partial charge in [-0.2, -0.15) is 27.8 Å². The molecule has 1 aliphatic heterocycles. The minimum Gasteiger partial charge on any atom is -0.352 e. The molecule has 8 nitrogen and oxygen atoms in total. The second-order valence-electron chi connectivity index (χ2n) is 7.01. The van der Waals surface area contributed by atoms with Gasteiger partial charge in [-0.25, -0.2) is 9.78 Å². The Balaban J connectivity index is 1.54. The van der Waals surface area contributed by atoms with E-state index in [1.54, 1.807) is 12.1 Å². The second-order valence-corrected chi connectivity index (χ2v) is 7.01. The molecule has 0 spiro atoms. The van der Waals surface area contributed by atoms with Crippen molar-refractivity contribution >= 4 is 23.3 Å². The number of carbonyl (C=O) groups is 1. The van der Waals surface area contributed by atoms with Crippen molar-refractivity contribution in [1.82, 2.24) is 24.9 Å². The van der Waals surface area contributed by atoms with E-state index in [4.69, 9.17) is 0 Å². The maximum Gasteiger partial charge on any atom is 0.433 e. The monoisotopic (exact) mass is 419 g/mol. The number of halogens is 3. The Kier molecular flexibility index (Phi) is 5.42. The summed E-state index contributed by atoms with van der Waals surface area (Å²) in [7, 11) is 0. The maximum atomic E-state index is 13.3. The summed E-state index contributed by atoms with van der Waals surface area (Å²) in [5, 5.41) is 9.59. The fourth-order valence-corrected chi connectivity index (χ4v) is 3.57. The third kappa shape index (κ3) is 4.29. The average molecular weight is 419 g/mol. The third-order valence-corrected chi connectivity index (χ3v) is 4.97. The van der Waals surface area contributed by atoms with Gasteiger partial charge in [0.05, 0.1) is 0 Å². The molecule has 0 saturated carbocycles. The van der Waals surface area contributed by atoms with E-state index in [9.17, 15) is 18.0 Å². The van der Waals surface area contributed by atoms with Crippen molar-refractivity contribution in [3.05, 3.63) is 48.4 Å². The first kappa shape index (κ1) is 19.9. The van der Waals surface area contributed by atoms with Crippen molar-refractivity contribution in [3.63, 3.8) is 0 Å². The minimum absolute atomic E-state index is 0.112. The molecule has 0 aliphatic carbocycles. The molecule has 4 rings (SSSR count). The van der Waals surface area contributed by atoms with Gasteiger partial charge in [0, 0.05) is 30.9 Å². The van der Waals surface area contributed by atoms with Crippen molar-refractivity contribution in [3.8, 4) is 0 Å². The van der Waals surface area contributed by atoms with Crippen LogP contribution in [0, 0.1) is 0 Å². The van der Waals surface area contributed by atoms with Crippen LogP contribution in [-0.4, -0.2) is 44.7 Å². The standard InChI is InChI=1S/C19H20F3N7O/c20-19(21,22)15-10-16(29-17(27-15)24-12-25-29)28-9-5-4-8-14(28)11-23-18(30)26-13-6-2-1-3-7-13/h1-3,6-7,10,12,14H,4-5,8-9,11H2,(H2,23,26,30). The normalized spacial score (nSPS) is 17.2. The van der Waals surface area contributed by atoms with E-state index in [0.29, 0.717) is 12.2 Å². The maximum absolute atomic E-state index is 13.3. The summed E-state index contributed by atoms with van der Waals surface area (Å²) in [5.74, 6) is 0.152. The Morgan fingerprint density at radius 2 is 2.00 bits per heavy atom. The summed E-state index contributed by atoms with van der Waals surface area (Å²) in [4.78, 5) is 21.5. The Labute approximate surface area is 170 Å². The second kappa shape index (κ2) is 8.17. The van der Waals surface area contributed by atoms with Gasteiger partial charge in [-0.1, -0.05) is 18.2 Å². The van der Waals surface area contributed by atoms with Crippen LogP contribution in [0.5, 0.6) is 0 Å². The molecule has 1 unspecified atom stereocenters. The smallest absolute Gasteiger partial charge is 0.352 e. The molecule has 2 amide bonds. The highest BCUT2D eigenvalue weighted by Crippen LogP contribution is 2.32. The van der Waals surface area contributed by atoms with Crippen molar-refractivity contribution in [2.24, 2.45) is 0 Å². The zero-order chi connectivity index (χ0) is 21.1. The lowest BCUT2D eigenvalue weighted by Crippen LogP contribution is -2.48. The number of hydrogen-bond donors (Lipinski definition) is 2. The van der Waals surface area contributed by atoms with E-state index < -0.39 is 11.9 Å². The highest BCUT2D eigenvalue weighted by atomic mass is 19.4. The Morgan fingerprint density at radius 3 is 2.77 bits per heavy atom. The van der Waals surface area contributed by atoms with Gasteiger partial charge in [-0.15, -0.1) is 0 Å².